The maximum Gasteiger partial charge on any atom is 0.215 e. The predicted octanol–water partition coefficient (Wildman–Crippen LogP) is 3.41. The molecule has 5 nitrogen and oxygen atoms in total. The predicted molar refractivity (Wildman–Crippen MR) is 82.3 cm³/mol. The van der Waals surface area contributed by atoms with E-state index >= 15 is 0 Å². The van der Waals surface area contributed by atoms with E-state index in [4.69, 9.17) is 4.74 Å². The summed E-state index contributed by atoms with van der Waals surface area (Å²) in [4.78, 5) is 8.69. The molecule has 3 aromatic rings. The van der Waals surface area contributed by atoms with E-state index in [1.165, 1.54) is 0 Å². The van der Waals surface area contributed by atoms with Crippen LogP contribution in [0.3, 0.4) is 0 Å². The smallest absolute Gasteiger partial charge is 0.215 e. The zero-order chi connectivity index (χ0) is 14.5. The fraction of sp³-hybridized carbons (Fsp3) is 0.125. The van der Waals surface area contributed by atoms with Crippen LogP contribution < -0.4 is 10.1 Å². The Morgan fingerprint density at radius 1 is 1.05 bits per heavy atom. The lowest BCUT2D eigenvalue weighted by Crippen LogP contribution is -1.98. The molecule has 0 saturated carbocycles. The van der Waals surface area contributed by atoms with Crippen LogP contribution in [0.5, 0.6) is 5.88 Å². The molecule has 0 amide bonds. The summed E-state index contributed by atoms with van der Waals surface area (Å²) < 4.78 is 7.34. The van der Waals surface area contributed by atoms with Gasteiger partial charge in [-0.3, -0.25) is 0 Å². The molecule has 0 aliphatic rings. The summed E-state index contributed by atoms with van der Waals surface area (Å²) >= 11 is 0. The highest BCUT2D eigenvalue weighted by Gasteiger charge is 2.03. The molecule has 0 aliphatic carbocycles. The minimum Gasteiger partial charge on any atom is -0.478 e. The minimum atomic E-state index is 0.596. The summed E-state index contributed by atoms with van der Waals surface area (Å²) in [7, 11) is 0. The molecule has 0 bridgehead atoms. The van der Waals surface area contributed by atoms with Crippen LogP contribution in [-0.2, 0) is 0 Å². The Kier molecular flexibility index (Phi) is 3.82. The first-order chi connectivity index (χ1) is 10.3. The molecule has 1 N–H and O–H groups in total. The van der Waals surface area contributed by atoms with Crippen LogP contribution in [0.4, 0.5) is 11.6 Å². The number of nitrogens with one attached hydrogen (secondary N) is 1. The Hall–Kier alpha value is -2.82. The standard InChI is InChI=1S/C16H16N4O/c1-2-21-16-10-6-9-14(19-16)18-15-11-20(12-17-15)13-7-4-3-5-8-13/h3-12H,2H2,1H3,(H,18,19). The molecule has 0 radical (unpaired) electrons. The number of nitrogens with zero attached hydrogens (tertiary/aromatic N) is 3. The third kappa shape index (κ3) is 3.20. The fourth-order valence-electron chi connectivity index (χ4n) is 1.97. The highest BCUT2D eigenvalue weighted by molar-refractivity contribution is 5.52. The summed E-state index contributed by atoms with van der Waals surface area (Å²) in [6.07, 6.45) is 3.69. The molecule has 2 aromatic heterocycles. The number of imidazole rings is 1. The lowest BCUT2D eigenvalue weighted by atomic mass is 10.3. The van der Waals surface area contributed by atoms with Crippen LogP contribution in [0.2, 0.25) is 0 Å². The number of para-hydroxylation sites is 1. The lowest BCUT2D eigenvalue weighted by molar-refractivity contribution is 0.327. The van der Waals surface area contributed by atoms with E-state index in [2.05, 4.69) is 15.3 Å². The monoisotopic (exact) mass is 280 g/mol. The second-order valence-corrected chi connectivity index (χ2v) is 4.42. The van der Waals surface area contributed by atoms with Crippen LogP contribution in [-0.4, -0.2) is 21.1 Å². The van der Waals surface area contributed by atoms with Crippen LogP contribution in [0, 0.1) is 0 Å². The Morgan fingerprint density at radius 3 is 2.71 bits per heavy atom. The van der Waals surface area contributed by atoms with Gasteiger partial charge in [-0.05, 0) is 25.1 Å². The third-order valence-corrected chi connectivity index (χ3v) is 2.91. The average Bonchev–Trinajstić information content (AvgIpc) is 2.97. The number of ether oxygens (including phenoxy) is 1. The second kappa shape index (κ2) is 6.09. The van der Waals surface area contributed by atoms with E-state index in [9.17, 15) is 0 Å². The quantitative estimate of drug-likeness (QED) is 0.778. The van der Waals surface area contributed by atoms with Crippen molar-refractivity contribution in [2.75, 3.05) is 11.9 Å². The van der Waals surface area contributed by atoms with Gasteiger partial charge < -0.3 is 14.6 Å². The number of rotatable bonds is 5. The zero-order valence-corrected chi connectivity index (χ0v) is 11.7. The van der Waals surface area contributed by atoms with Crippen LogP contribution >= 0.6 is 0 Å². The zero-order valence-electron chi connectivity index (χ0n) is 11.7. The number of anilines is 2. The van der Waals surface area contributed by atoms with E-state index in [1.807, 2.05) is 66.2 Å². The molecule has 0 aliphatic heterocycles. The summed E-state index contributed by atoms with van der Waals surface area (Å²) in [5, 5.41) is 3.17. The molecular weight excluding hydrogens is 264 g/mol. The lowest BCUT2D eigenvalue weighted by Gasteiger charge is -2.05. The van der Waals surface area contributed by atoms with E-state index in [1.54, 1.807) is 6.33 Å². The second-order valence-electron chi connectivity index (χ2n) is 4.42. The van der Waals surface area contributed by atoms with Crippen molar-refractivity contribution >= 4 is 11.6 Å². The van der Waals surface area contributed by atoms with Gasteiger partial charge in [-0.25, -0.2) is 4.98 Å². The Morgan fingerprint density at radius 2 is 1.90 bits per heavy atom. The maximum atomic E-state index is 5.38. The summed E-state index contributed by atoms with van der Waals surface area (Å²) in [6.45, 7) is 2.53. The summed E-state index contributed by atoms with van der Waals surface area (Å²) in [5.41, 5.74) is 1.06. The van der Waals surface area contributed by atoms with Crippen LogP contribution in [0.25, 0.3) is 5.69 Å². The van der Waals surface area contributed by atoms with Crippen molar-refractivity contribution < 1.29 is 4.74 Å². The molecule has 21 heavy (non-hydrogen) atoms. The number of hydrogen-bond donors (Lipinski definition) is 1. The third-order valence-electron chi connectivity index (χ3n) is 2.91. The summed E-state index contributed by atoms with van der Waals surface area (Å²) in [5.74, 6) is 2.05. The molecule has 0 unspecified atom stereocenters. The van der Waals surface area contributed by atoms with Crippen molar-refractivity contribution in [1.82, 2.24) is 14.5 Å². The largest absolute Gasteiger partial charge is 0.478 e. The van der Waals surface area contributed by atoms with Crippen molar-refractivity contribution in [3.63, 3.8) is 0 Å². The van der Waals surface area contributed by atoms with E-state index in [0.29, 0.717) is 18.3 Å². The van der Waals surface area contributed by atoms with Crippen molar-refractivity contribution in [2.45, 2.75) is 6.92 Å². The SMILES string of the molecule is CCOc1cccc(Nc2cn(-c3ccccc3)cn2)n1. The molecule has 1 aromatic carbocycles. The Labute approximate surface area is 123 Å². The highest BCUT2D eigenvalue weighted by Crippen LogP contribution is 2.17. The number of benzene rings is 1. The number of aromatic nitrogens is 3. The first kappa shape index (κ1) is 13.2. The number of hydrogen-bond acceptors (Lipinski definition) is 4. The topological polar surface area (TPSA) is 52.0 Å². The van der Waals surface area contributed by atoms with E-state index in [-0.39, 0.29) is 0 Å². The van der Waals surface area contributed by atoms with Gasteiger partial charge in [0, 0.05) is 11.8 Å². The van der Waals surface area contributed by atoms with E-state index in [0.717, 1.165) is 11.5 Å². The van der Waals surface area contributed by atoms with Crippen molar-refractivity contribution in [3.05, 3.63) is 61.1 Å². The molecule has 0 fully saturated rings. The first-order valence-electron chi connectivity index (χ1n) is 6.81. The number of pyridine rings is 1. The molecule has 2 heterocycles. The van der Waals surface area contributed by atoms with Gasteiger partial charge in [0.2, 0.25) is 5.88 Å². The molecule has 0 saturated heterocycles. The highest BCUT2D eigenvalue weighted by atomic mass is 16.5. The molecule has 0 atom stereocenters. The molecule has 106 valence electrons. The van der Waals surface area contributed by atoms with Gasteiger partial charge in [0.1, 0.15) is 18.0 Å². The van der Waals surface area contributed by atoms with E-state index < -0.39 is 0 Å². The normalized spacial score (nSPS) is 10.3. The van der Waals surface area contributed by atoms with Crippen molar-refractivity contribution in [2.24, 2.45) is 0 Å². The average molecular weight is 280 g/mol. The van der Waals surface area contributed by atoms with Gasteiger partial charge in [0.25, 0.3) is 0 Å². The Bertz CT molecular complexity index is 709. The van der Waals surface area contributed by atoms with Crippen molar-refractivity contribution in [1.29, 1.82) is 0 Å². The van der Waals surface area contributed by atoms with Crippen LogP contribution in [0.1, 0.15) is 6.92 Å². The van der Waals surface area contributed by atoms with Gasteiger partial charge in [-0.2, -0.15) is 4.98 Å². The molecule has 5 heteroatoms. The summed E-state index contributed by atoms with van der Waals surface area (Å²) in [6, 6.07) is 15.6. The van der Waals surface area contributed by atoms with Gasteiger partial charge >= 0.3 is 0 Å². The van der Waals surface area contributed by atoms with Gasteiger partial charge in [0.05, 0.1) is 12.8 Å². The molecule has 0 spiro atoms. The molecular formula is C16H16N4O. The van der Waals surface area contributed by atoms with Crippen LogP contribution in [0.15, 0.2) is 61.1 Å². The minimum absolute atomic E-state index is 0.596. The fourth-order valence-corrected chi connectivity index (χ4v) is 1.97. The Balaban J connectivity index is 1.77. The maximum absolute atomic E-state index is 5.38. The van der Waals surface area contributed by atoms with Gasteiger partial charge in [-0.15, -0.1) is 0 Å². The van der Waals surface area contributed by atoms with Gasteiger partial charge in [-0.1, -0.05) is 24.3 Å². The van der Waals surface area contributed by atoms with Gasteiger partial charge in [0.15, 0.2) is 0 Å². The van der Waals surface area contributed by atoms with Crippen molar-refractivity contribution in [3.8, 4) is 11.6 Å². The first-order valence-corrected chi connectivity index (χ1v) is 6.81. The molecule has 3 rings (SSSR count).